The Morgan fingerprint density at radius 3 is 2.60 bits per heavy atom. The largest absolute Gasteiger partial charge is 0.508 e. The first-order chi connectivity index (χ1) is 25.6. The Balaban J connectivity index is 1.20. The van der Waals surface area contributed by atoms with Gasteiger partial charge in [-0.15, -0.1) is 0 Å². The van der Waals surface area contributed by atoms with Gasteiger partial charge in [0.1, 0.15) is 29.5 Å². The Labute approximate surface area is 315 Å². The van der Waals surface area contributed by atoms with Gasteiger partial charge in [0.2, 0.25) is 0 Å². The number of nitrogens with one attached hydrogen (secondary N) is 1. The number of unbranched alkanes of at least 4 members (excludes halogenated alkanes) is 2. The van der Waals surface area contributed by atoms with Gasteiger partial charge in [0, 0.05) is 36.2 Å². The van der Waals surface area contributed by atoms with E-state index in [1.807, 2.05) is 24.3 Å². The molecule has 286 valence electrons. The van der Waals surface area contributed by atoms with Crippen LogP contribution in [0.25, 0.3) is 11.1 Å². The van der Waals surface area contributed by atoms with Crippen LogP contribution in [0, 0.1) is 11.8 Å². The minimum Gasteiger partial charge on any atom is -0.508 e. The molecular weight excluding hydrogens is 666 g/mol. The van der Waals surface area contributed by atoms with Crippen molar-refractivity contribution in [1.29, 1.82) is 0 Å². The summed E-state index contributed by atoms with van der Waals surface area (Å²) < 4.78 is 19.6. The minimum atomic E-state index is -0.807. The van der Waals surface area contributed by atoms with Gasteiger partial charge in [-0.25, -0.2) is 0 Å². The van der Waals surface area contributed by atoms with Crippen LogP contribution in [0.3, 0.4) is 0 Å². The van der Waals surface area contributed by atoms with Crippen molar-refractivity contribution >= 4 is 5.96 Å². The maximum atomic E-state index is 11.9. The number of methoxy groups -OCH3 is 1. The SMILES string of the molecule is CCCCC[C@H]1Cc2cc(O)c(CC(C)C)cc2-c2c(OC)cc3c(c21)C[C@@H](O)[C@H](c1ccc(O)c(O[C@H]2CCCC[C@@H]2C[C@@H]2CCN=C(N)N2)c1)O3. The van der Waals surface area contributed by atoms with E-state index in [1.54, 1.807) is 13.2 Å². The smallest absolute Gasteiger partial charge is 0.188 e. The van der Waals surface area contributed by atoms with Gasteiger partial charge in [-0.1, -0.05) is 52.5 Å². The summed E-state index contributed by atoms with van der Waals surface area (Å²) in [7, 11) is 1.71. The molecule has 6 atom stereocenters. The van der Waals surface area contributed by atoms with Gasteiger partial charge in [-0.3, -0.25) is 4.99 Å². The van der Waals surface area contributed by atoms with Crippen LogP contribution in [0.4, 0.5) is 0 Å². The molecule has 1 fully saturated rings. The Morgan fingerprint density at radius 2 is 1.83 bits per heavy atom. The number of aliphatic hydroxyl groups is 1. The van der Waals surface area contributed by atoms with Gasteiger partial charge in [0.25, 0.3) is 0 Å². The first kappa shape index (κ1) is 37.2. The van der Waals surface area contributed by atoms with Crippen molar-refractivity contribution in [2.24, 2.45) is 22.6 Å². The van der Waals surface area contributed by atoms with Crippen molar-refractivity contribution < 1.29 is 29.5 Å². The summed E-state index contributed by atoms with van der Waals surface area (Å²) in [6.07, 6.45) is 11.1. The fourth-order valence-electron chi connectivity index (χ4n) is 9.43. The number of phenolic OH excluding ortho intramolecular Hbond substituents is 2. The van der Waals surface area contributed by atoms with E-state index < -0.39 is 12.2 Å². The zero-order valence-electron chi connectivity index (χ0n) is 32.0. The number of aromatic hydroxyl groups is 2. The first-order valence-corrected chi connectivity index (χ1v) is 20.1. The number of rotatable bonds is 12. The summed E-state index contributed by atoms with van der Waals surface area (Å²) in [5, 5.41) is 37.3. The molecule has 3 aromatic carbocycles. The highest BCUT2D eigenvalue weighted by molar-refractivity contribution is 5.83. The highest BCUT2D eigenvalue weighted by Crippen LogP contribution is 2.54. The number of fused-ring (bicyclic) bond motifs is 5. The van der Waals surface area contributed by atoms with Crippen LogP contribution in [0.5, 0.6) is 28.7 Å². The number of hydrogen-bond acceptors (Lipinski definition) is 9. The molecule has 0 amide bonds. The maximum Gasteiger partial charge on any atom is 0.188 e. The number of aliphatic imine (C=N–C) groups is 1. The molecule has 0 radical (unpaired) electrons. The second kappa shape index (κ2) is 16.1. The second-order valence-corrected chi connectivity index (χ2v) is 16.3. The summed E-state index contributed by atoms with van der Waals surface area (Å²) in [5.74, 6) is 3.81. The fraction of sp³-hybridized carbons (Fsp3) is 0.568. The lowest BCUT2D eigenvalue weighted by Crippen LogP contribution is -2.46. The number of nitrogens with zero attached hydrogens (tertiary/aromatic N) is 1. The van der Waals surface area contributed by atoms with Crippen molar-refractivity contribution in [3.63, 3.8) is 0 Å². The Kier molecular flexibility index (Phi) is 11.3. The van der Waals surface area contributed by atoms with Gasteiger partial charge in [0.15, 0.2) is 17.5 Å². The monoisotopic (exact) mass is 725 g/mol. The third-order valence-electron chi connectivity index (χ3n) is 12.0. The molecule has 6 N–H and O–H groups in total. The molecule has 2 aliphatic carbocycles. The molecule has 0 unspecified atom stereocenters. The molecule has 0 aromatic heterocycles. The third-order valence-corrected chi connectivity index (χ3v) is 12.0. The highest BCUT2D eigenvalue weighted by Gasteiger charge is 2.39. The van der Waals surface area contributed by atoms with Crippen LogP contribution >= 0.6 is 0 Å². The van der Waals surface area contributed by atoms with Gasteiger partial charge >= 0.3 is 0 Å². The topological polar surface area (TPSA) is 139 Å². The predicted molar refractivity (Wildman–Crippen MR) is 209 cm³/mol. The van der Waals surface area contributed by atoms with E-state index in [0.717, 1.165) is 128 Å². The molecule has 0 saturated heterocycles. The second-order valence-electron chi connectivity index (χ2n) is 16.3. The molecule has 7 rings (SSSR count). The average Bonchev–Trinajstić information content (AvgIpc) is 3.13. The highest BCUT2D eigenvalue weighted by atomic mass is 16.5. The summed E-state index contributed by atoms with van der Waals surface area (Å²) in [6.45, 7) is 7.30. The Morgan fingerprint density at radius 1 is 1.00 bits per heavy atom. The van der Waals surface area contributed by atoms with Gasteiger partial charge in [-0.2, -0.15) is 0 Å². The molecule has 2 heterocycles. The number of hydrogen-bond donors (Lipinski definition) is 5. The van der Waals surface area contributed by atoms with Crippen molar-refractivity contribution in [1.82, 2.24) is 5.32 Å². The molecule has 0 spiro atoms. The van der Waals surface area contributed by atoms with Crippen molar-refractivity contribution in [2.75, 3.05) is 13.7 Å². The zero-order chi connectivity index (χ0) is 37.2. The number of aliphatic hydroxyl groups excluding tert-OH is 1. The summed E-state index contributed by atoms with van der Waals surface area (Å²) >= 11 is 0. The standard InChI is InChI=1S/C44H59N3O6/c1-5-6-7-11-27-18-29-21-35(49)30(17-25(2)3)20-32(29)42-40(51-4)24-38-33(41(27)42)23-36(50)43(53-38)28-13-14-34(48)39(22-28)52-37-12-9-8-10-26(37)19-31-15-16-46-44(45)47-31/h13-14,20-22,24-27,31,36-37,43,48-50H,5-12,15-19,23H2,1-4H3,(H3,45,46,47)/t26-,27+,31+,36-,37+,43+/m1/s1. The van der Waals surface area contributed by atoms with Crippen LogP contribution in [0.15, 0.2) is 41.4 Å². The number of nitrogens with two attached hydrogens (primary N) is 1. The quantitative estimate of drug-likeness (QED) is 0.118. The van der Waals surface area contributed by atoms with E-state index >= 15 is 0 Å². The van der Waals surface area contributed by atoms with E-state index in [1.165, 1.54) is 5.56 Å². The van der Waals surface area contributed by atoms with E-state index in [2.05, 4.69) is 37.1 Å². The van der Waals surface area contributed by atoms with Crippen molar-refractivity contribution in [2.45, 2.75) is 135 Å². The lowest BCUT2D eigenvalue weighted by molar-refractivity contribution is 0.0197. The van der Waals surface area contributed by atoms with E-state index in [4.69, 9.17) is 19.9 Å². The van der Waals surface area contributed by atoms with Gasteiger partial charge in [-0.05, 0) is 121 Å². The number of guanidine groups is 1. The molecule has 2 aliphatic heterocycles. The van der Waals surface area contributed by atoms with Crippen LogP contribution in [-0.2, 0) is 19.3 Å². The fourth-order valence-corrected chi connectivity index (χ4v) is 9.43. The molecule has 9 heteroatoms. The molecule has 3 aromatic rings. The van der Waals surface area contributed by atoms with Crippen LogP contribution in [-0.4, -0.2) is 53.2 Å². The Hall–Kier alpha value is -4.11. The summed E-state index contributed by atoms with van der Waals surface area (Å²) in [4.78, 5) is 4.29. The first-order valence-electron chi connectivity index (χ1n) is 20.1. The molecule has 53 heavy (non-hydrogen) atoms. The van der Waals surface area contributed by atoms with Crippen LogP contribution in [0.2, 0.25) is 0 Å². The predicted octanol–water partition coefficient (Wildman–Crippen LogP) is 8.23. The Bertz CT molecular complexity index is 1810. The summed E-state index contributed by atoms with van der Waals surface area (Å²) in [5.41, 5.74) is 13.3. The lowest BCUT2D eigenvalue weighted by atomic mass is 9.72. The number of benzene rings is 3. The van der Waals surface area contributed by atoms with Gasteiger partial charge in [0.05, 0.1) is 13.2 Å². The molecule has 1 saturated carbocycles. The van der Waals surface area contributed by atoms with E-state index in [-0.39, 0.29) is 23.8 Å². The van der Waals surface area contributed by atoms with Crippen LogP contribution < -0.4 is 25.3 Å². The maximum absolute atomic E-state index is 11.9. The summed E-state index contributed by atoms with van der Waals surface area (Å²) in [6, 6.07) is 11.7. The average molecular weight is 726 g/mol. The van der Waals surface area contributed by atoms with E-state index in [0.29, 0.717) is 35.7 Å². The number of ether oxygens (including phenoxy) is 3. The van der Waals surface area contributed by atoms with E-state index in [9.17, 15) is 15.3 Å². The van der Waals surface area contributed by atoms with Crippen molar-refractivity contribution in [3.05, 3.63) is 64.2 Å². The zero-order valence-corrected chi connectivity index (χ0v) is 32.0. The third kappa shape index (κ3) is 7.91. The normalized spacial score (nSPS) is 25.0. The molecule has 0 bridgehead atoms. The number of phenols is 2. The lowest BCUT2D eigenvalue weighted by Gasteiger charge is -2.38. The van der Waals surface area contributed by atoms with Gasteiger partial charge < -0.3 is 40.6 Å². The molecule has 9 nitrogen and oxygen atoms in total. The van der Waals surface area contributed by atoms with Crippen LogP contribution in [0.1, 0.15) is 125 Å². The minimum absolute atomic E-state index is 0.0315. The molecular formula is C44H59N3O6. The molecule has 4 aliphatic rings. The van der Waals surface area contributed by atoms with Crippen molar-refractivity contribution in [3.8, 4) is 39.9 Å².